The van der Waals surface area contributed by atoms with E-state index < -0.39 is 6.61 Å². The molecule has 7 heteroatoms. The van der Waals surface area contributed by atoms with Gasteiger partial charge in [0.25, 0.3) is 5.91 Å². The lowest BCUT2D eigenvalue weighted by Crippen LogP contribution is -2.11. The number of carbonyl (C=O) groups excluding carboxylic acids is 1. The van der Waals surface area contributed by atoms with E-state index in [2.05, 4.69) is 15.2 Å². The molecule has 1 heterocycles. The van der Waals surface area contributed by atoms with Crippen molar-refractivity contribution in [3.8, 4) is 5.75 Å². The maximum atomic E-state index is 12.2. The second-order valence-electron chi connectivity index (χ2n) is 5.77. The number of rotatable bonds is 6. The Bertz CT molecular complexity index is 875. The van der Waals surface area contributed by atoms with Gasteiger partial charge in [0.15, 0.2) is 0 Å². The molecule has 3 aromatic rings. The fourth-order valence-corrected chi connectivity index (χ4v) is 2.39. The Morgan fingerprint density at radius 3 is 2.50 bits per heavy atom. The van der Waals surface area contributed by atoms with Crippen LogP contribution in [0.1, 0.15) is 21.5 Å². The zero-order chi connectivity index (χ0) is 18.5. The largest absolute Gasteiger partial charge is 0.435 e. The van der Waals surface area contributed by atoms with Gasteiger partial charge in [0.1, 0.15) is 5.75 Å². The molecule has 26 heavy (non-hydrogen) atoms. The molecule has 0 radical (unpaired) electrons. The summed E-state index contributed by atoms with van der Waals surface area (Å²) in [7, 11) is 0. The van der Waals surface area contributed by atoms with Crippen molar-refractivity contribution in [3.63, 3.8) is 0 Å². The van der Waals surface area contributed by atoms with Gasteiger partial charge in [-0.3, -0.25) is 9.48 Å². The average molecular weight is 357 g/mol. The number of carbonyl (C=O) groups is 1. The molecule has 1 aromatic heterocycles. The van der Waals surface area contributed by atoms with E-state index >= 15 is 0 Å². The Kier molecular flexibility index (Phi) is 5.26. The van der Waals surface area contributed by atoms with E-state index in [0.717, 1.165) is 5.56 Å². The summed E-state index contributed by atoms with van der Waals surface area (Å²) in [6, 6.07) is 13.6. The lowest BCUT2D eigenvalue weighted by molar-refractivity contribution is -0.0498. The summed E-state index contributed by atoms with van der Waals surface area (Å²) in [5.74, 6) is -0.356. The number of benzene rings is 2. The van der Waals surface area contributed by atoms with Gasteiger partial charge >= 0.3 is 6.61 Å². The number of nitrogens with one attached hydrogen (secondary N) is 1. The molecular weight excluding hydrogens is 340 g/mol. The summed E-state index contributed by atoms with van der Waals surface area (Å²) >= 11 is 0. The Morgan fingerprint density at radius 2 is 1.85 bits per heavy atom. The fourth-order valence-electron chi connectivity index (χ4n) is 2.39. The van der Waals surface area contributed by atoms with Gasteiger partial charge in [-0.1, -0.05) is 29.8 Å². The van der Waals surface area contributed by atoms with Crippen LogP contribution in [0.3, 0.4) is 0 Å². The van der Waals surface area contributed by atoms with Crippen molar-refractivity contribution in [2.24, 2.45) is 0 Å². The first-order valence-electron chi connectivity index (χ1n) is 7.94. The molecule has 0 atom stereocenters. The Morgan fingerprint density at radius 1 is 1.15 bits per heavy atom. The van der Waals surface area contributed by atoms with E-state index in [1.54, 1.807) is 17.1 Å². The van der Waals surface area contributed by atoms with Gasteiger partial charge < -0.3 is 10.1 Å². The molecule has 0 spiro atoms. The molecule has 0 aliphatic heterocycles. The van der Waals surface area contributed by atoms with Crippen LogP contribution in [0, 0.1) is 6.92 Å². The van der Waals surface area contributed by atoms with Gasteiger partial charge in [-0.25, -0.2) is 0 Å². The average Bonchev–Trinajstić information content (AvgIpc) is 3.04. The third-order valence-electron chi connectivity index (χ3n) is 3.70. The summed E-state index contributed by atoms with van der Waals surface area (Å²) in [5, 5.41) is 6.95. The van der Waals surface area contributed by atoms with Crippen LogP contribution in [0.5, 0.6) is 5.75 Å². The number of nitrogens with zero attached hydrogens (tertiary/aromatic N) is 2. The highest BCUT2D eigenvalue weighted by atomic mass is 19.3. The molecule has 5 nitrogen and oxygen atoms in total. The van der Waals surface area contributed by atoms with E-state index in [4.69, 9.17) is 0 Å². The molecule has 1 amide bonds. The van der Waals surface area contributed by atoms with Crippen molar-refractivity contribution >= 4 is 11.6 Å². The highest BCUT2D eigenvalue weighted by molar-refractivity contribution is 6.04. The number of aromatic nitrogens is 2. The standard InChI is InChI=1S/C19H17F2N3O2/c1-13-2-4-14(5-3-13)11-24-12-16(10-22-24)23-18(25)15-6-8-17(9-7-15)26-19(20)21/h2-10,12,19H,11H2,1H3,(H,23,25). The van der Waals surface area contributed by atoms with Crippen LogP contribution in [0.4, 0.5) is 14.5 Å². The smallest absolute Gasteiger partial charge is 0.387 e. The van der Waals surface area contributed by atoms with Crippen molar-refractivity contribution in [2.45, 2.75) is 20.1 Å². The predicted molar refractivity (Wildman–Crippen MR) is 93.5 cm³/mol. The van der Waals surface area contributed by atoms with Gasteiger partial charge in [-0.2, -0.15) is 13.9 Å². The first-order chi connectivity index (χ1) is 12.5. The normalized spacial score (nSPS) is 10.8. The molecule has 0 saturated carbocycles. The SMILES string of the molecule is Cc1ccc(Cn2cc(NC(=O)c3ccc(OC(F)F)cc3)cn2)cc1. The molecule has 0 saturated heterocycles. The second-order valence-corrected chi connectivity index (χ2v) is 5.77. The van der Waals surface area contributed by atoms with Crippen molar-refractivity contribution in [1.29, 1.82) is 0 Å². The minimum absolute atomic E-state index is 0.00228. The Labute approximate surface area is 149 Å². The number of amides is 1. The van der Waals surface area contributed by atoms with Crippen LogP contribution >= 0.6 is 0 Å². The quantitative estimate of drug-likeness (QED) is 0.723. The summed E-state index contributed by atoms with van der Waals surface area (Å²) in [5.41, 5.74) is 3.17. The van der Waals surface area contributed by atoms with E-state index in [0.29, 0.717) is 17.8 Å². The van der Waals surface area contributed by atoms with Crippen molar-refractivity contribution in [3.05, 3.63) is 77.6 Å². The lowest BCUT2D eigenvalue weighted by Gasteiger charge is -2.06. The van der Waals surface area contributed by atoms with E-state index in [9.17, 15) is 13.6 Å². The molecule has 0 fully saturated rings. The molecule has 0 aliphatic carbocycles. The first kappa shape index (κ1) is 17.6. The summed E-state index contributed by atoms with van der Waals surface area (Å²) in [4.78, 5) is 12.2. The number of hydrogen-bond acceptors (Lipinski definition) is 3. The third kappa shape index (κ3) is 4.66. The summed E-state index contributed by atoms with van der Waals surface area (Å²) < 4.78 is 30.2. The van der Waals surface area contributed by atoms with Gasteiger partial charge in [-0.15, -0.1) is 0 Å². The lowest BCUT2D eigenvalue weighted by atomic mass is 10.1. The number of aryl methyl sites for hydroxylation is 1. The van der Waals surface area contributed by atoms with Crippen LogP contribution in [-0.2, 0) is 6.54 Å². The van der Waals surface area contributed by atoms with Gasteiger partial charge in [0.05, 0.1) is 18.4 Å². The van der Waals surface area contributed by atoms with Gasteiger partial charge in [0, 0.05) is 11.8 Å². The summed E-state index contributed by atoms with van der Waals surface area (Å²) in [6.07, 6.45) is 3.28. The maximum absolute atomic E-state index is 12.2. The number of hydrogen-bond donors (Lipinski definition) is 1. The topological polar surface area (TPSA) is 56.2 Å². The molecule has 0 aliphatic rings. The van der Waals surface area contributed by atoms with E-state index in [-0.39, 0.29) is 11.7 Å². The van der Waals surface area contributed by atoms with E-state index in [1.807, 2.05) is 31.2 Å². The third-order valence-corrected chi connectivity index (χ3v) is 3.70. The molecule has 0 bridgehead atoms. The highest BCUT2D eigenvalue weighted by Crippen LogP contribution is 2.16. The predicted octanol–water partition coefficient (Wildman–Crippen LogP) is 4.09. The molecular formula is C19H17F2N3O2. The minimum atomic E-state index is -2.89. The number of halogens is 2. The minimum Gasteiger partial charge on any atom is -0.435 e. The monoisotopic (exact) mass is 357 g/mol. The molecule has 3 rings (SSSR count). The fraction of sp³-hybridized carbons (Fsp3) is 0.158. The maximum Gasteiger partial charge on any atom is 0.387 e. The molecule has 2 aromatic carbocycles. The van der Waals surface area contributed by atoms with Crippen LogP contribution in [-0.4, -0.2) is 22.3 Å². The van der Waals surface area contributed by atoms with Crippen LogP contribution in [0.25, 0.3) is 0 Å². The van der Waals surface area contributed by atoms with Gasteiger partial charge in [0.2, 0.25) is 0 Å². The Hall–Kier alpha value is -3.22. The van der Waals surface area contributed by atoms with Crippen molar-refractivity contribution < 1.29 is 18.3 Å². The first-order valence-corrected chi connectivity index (χ1v) is 7.94. The zero-order valence-electron chi connectivity index (χ0n) is 14.0. The molecule has 0 unspecified atom stereocenters. The second kappa shape index (κ2) is 7.77. The van der Waals surface area contributed by atoms with Gasteiger partial charge in [-0.05, 0) is 36.8 Å². The molecule has 1 N–H and O–H groups in total. The molecule has 134 valence electrons. The number of anilines is 1. The number of alkyl halides is 2. The van der Waals surface area contributed by atoms with E-state index in [1.165, 1.54) is 29.8 Å². The van der Waals surface area contributed by atoms with Crippen LogP contribution in [0.2, 0.25) is 0 Å². The zero-order valence-corrected chi connectivity index (χ0v) is 14.0. The summed E-state index contributed by atoms with van der Waals surface area (Å²) in [6.45, 7) is -0.276. The van der Waals surface area contributed by atoms with Crippen LogP contribution < -0.4 is 10.1 Å². The number of ether oxygens (including phenoxy) is 1. The Balaban J connectivity index is 1.61. The van der Waals surface area contributed by atoms with Crippen molar-refractivity contribution in [1.82, 2.24) is 9.78 Å². The van der Waals surface area contributed by atoms with Crippen LogP contribution in [0.15, 0.2) is 60.9 Å². The van der Waals surface area contributed by atoms with Crippen molar-refractivity contribution in [2.75, 3.05) is 5.32 Å². The highest BCUT2D eigenvalue weighted by Gasteiger charge is 2.09.